The van der Waals surface area contributed by atoms with E-state index < -0.39 is 0 Å². The van der Waals surface area contributed by atoms with Crippen molar-refractivity contribution in [3.63, 3.8) is 0 Å². The number of rotatable bonds is 2. The average Bonchev–Trinajstić information content (AvgIpc) is 3.10. The summed E-state index contributed by atoms with van der Waals surface area (Å²) < 4.78 is 21.4. The molecule has 4 rings (SSSR count). The zero-order valence-corrected chi connectivity index (χ0v) is 11.6. The predicted molar refractivity (Wildman–Crippen MR) is 77.7 cm³/mol. The normalized spacial score (nSPS) is 12.8. The molecule has 3 aromatic rings. The second-order valence-corrected chi connectivity index (χ2v) is 4.87. The molecule has 0 saturated heterocycles. The highest BCUT2D eigenvalue weighted by Crippen LogP contribution is 2.45. The minimum Gasteiger partial charge on any atom is -0.504 e. The molecule has 1 aliphatic heterocycles. The number of fused-ring (bicyclic) bond motifs is 2. The van der Waals surface area contributed by atoms with E-state index in [2.05, 4.69) is 0 Å². The van der Waals surface area contributed by atoms with Gasteiger partial charge in [-0.25, -0.2) is 0 Å². The number of methoxy groups -OCH3 is 1. The Bertz CT molecular complexity index is 839. The van der Waals surface area contributed by atoms with Crippen molar-refractivity contribution in [2.45, 2.75) is 0 Å². The van der Waals surface area contributed by atoms with Crippen LogP contribution in [-0.4, -0.2) is 24.1 Å². The van der Waals surface area contributed by atoms with E-state index in [0.29, 0.717) is 28.4 Å². The fraction of sp³-hybridized carbons (Fsp3) is 0.125. The van der Waals surface area contributed by atoms with Gasteiger partial charge in [-0.2, -0.15) is 0 Å². The molecule has 0 amide bonds. The summed E-state index contributed by atoms with van der Waals surface area (Å²) in [7, 11) is 1.37. The van der Waals surface area contributed by atoms with Gasteiger partial charge >= 0.3 is 0 Å². The van der Waals surface area contributed by atoms with E-state index in [1.165, 1.54) is 13.2 Å². The number of phenols is 2. The van der Waals surface area contributed by atoms with Gasteiger partial charge in [-0.1, -0.05) is 0 Å². The van der Waals surface area contributed by atoms with Crippen LogP contribution in [0.2, 0.25) is 0 Å². The van der Waals surface area contributed by atoms with Crippen molar-refractivity contribution in [3.8, 4) is 40.1 Å². The topological polar surface area (TPSA) is 81.3 Å². The Morgan fingerprint density at radius 3 is 2.59 bits per heavy atom. The van der Waals surface area contributed by atoms with Crippen LogP contribution in [0.3, 0.4) is 0 Å². The molecule has 22 heavy (non-hydrogen) atoms. The molecule has 6 nitrogen and oxygen atoms in total. The van der Waals surface area contributed by atoms with Gasteiger partial charge in [0.25, 0.3) is 0 Å². The SMILES string of the molecule is COc1c(O)ccc(-c2cc3cc4c(cc3o2)OCO4)c1O. The summed E-state index contributed by atoms with van der Waals surface area (Å²) >= 11 is 0. The monoisotopic (exact) mass is 300 g/mol. The van der Waals surface area contributed by atoms with Crippen LogP contribution in [-0.2, 0) is 0 Å². The summed E-state index contributed by atoms with van der Waals surface area (Å²) in [5.41, 5.74) is 1.04. The van der Waals surface area contributed by atoms with Gasteiger partial charge in [-0.05, 0) is 24.3 Å². The number of furan rings is 1. The molecular weight excluding hydrogens is 288 g/mol. The number of ether oxygens (including phenoxy) is 3. The lowest BCUT2D eigenvalue weighted by atomic mass is 10.1. The summed E-state index contributed by atoms with van der Waals surface area (Å²) in [6, 6.07) is 8.34. The van der Waals surface area contributed by atoms with Gasteiger partial charge in [-0.15, -0.1) is 0 Å². The number of benzene rings is 2. The molecule has 1 aliphatic rings. The van der Waals surface area contributed by atoms with Crippen molar-refractivity contribution >= 4 is 11.0 Å². The van der Waals surface area contributed by atoms with Gasteiger partial charge in [0, 0.05) is 11.5 Å². The maximum absolute atomic E-state index is 10.2. The minimum atomic E-state index is -0.179. The van der Waals surface area contributed by atoms with Gasteiger partial charge < -0.3 is 28.8 Å². The maximum Gasteiger partial charge on any atom is 0.231 e. The molecule has 6 heteroatoms. The molecule has 2 N–H and O–H groups in total. The largest absolute Gasteiger partial charge is 0.504 e. The summed E-state index contributed by atoms with van der Waals surface area (Å²) in [4.78, 5) is 0. The van der Waals surface area contributed by atoms with E-state index >= 15 is 0 Å². The van der Waals surface area contributed by atoms with E-state index in [1.807, 2.05) is 6.07 Å². The highest BCUT2D eigenvalue weighted by Gasteiger charge is 2.20. The van der Waals surface area contributed by atoms with Gasteiger partial charge in [0.2, 0.25) is 12.5 Å². The lowest BCUT2D eigenvalue weighted by Crippen LogP contribution is -1.92. The number of hydrogen-bond donors (Lipinski definition) is 2. The number of aromatic hydroxyl groups is 2. The first kappa shape index (κ1) is 12.7. The third-order valence-electron chi connectivity index (χ3n) is 3.59. The molecule has 0 saturated carbocycles. The second-order valence-electron chi connectivity index (χ2n) is 4.87. The van der Waals surface area contributed by atoms with Crippen LogP contribution in [0.5, 0.6) is 28.7 Å². The van der Waals surface area contributed by atoms with Crippen LogP contribution in [0.4, 0.5) is 0 Å². The quantitative estimate of drug-likeness (QED) is 0.756. The van der Waals surface area contributed by atoms with Crippen molar-refractivity contribution in [1.82, 2.24) is 0 Å². The smallest absolute Gasteiger partial charge is 0.231 e. The third kappa shape index (κ3) is 1.74. The van der Waals surface area contributed by atoms with Gasteiger partial charge in [0.05, 0.1) is 12.7 Å². The molecule has 0 atom stereocenters. The van der Waals surface area contributed by atoms with Crippen molar-refractivity contribution in [3.05, 3.63) is 30.3 Å². The fourth-order valence-corrected chi connectivity index (χ4v) is 2.52. The van der Waals surface area contributed by atoms with Crippen LogP contribution in [0.15, 0.2) is 34.7 Å². The second kappa shape index (κ2) is 4.49. The summed E-state index contributed by atoms with van der Waals surface area (Å²) in [6.45, 7) is 0.199. The van der Waals surface area contributed by atoms with Gasteiger partial charge in [0.15, 0.2) is 23.0 Å². The summed E-state index contributed by atoms with van der Waals surface area (Å²) in [6.07, 6.45) is 0. The van der Waals surface area contributed by atoms with E-state index in [0.717, 1.165) is 5.39 Å². The van der Waals surface area contributed by atoms with Crippen molar-refractivity contribution in [2.24, 2.45) is 0 Å². The van der Waals surface area contributed by atoms with Crippen molar-refractivity contribution < 1.29 is 28.8 Å². The summed E-state index contributed by atoms with van der Waals surface area (Å²) in [5, 5.41) is 20.7. The van der Waals surface area contributed by atoms with Gasteiger partial charge in [0.1, 0.15) is 11.3 Å². The van der Waals surface area contributed by atoms with Crippen LogP contribution in [0.25, 0.3) is 22.3 Å². The Morgan fingerprint density at radius 1 is 1.05 bits per heavy atom. The third-order valence-corrected chi connectivity index (χ3v) is 3.59. The van der Waals surface area contributed by atoms with Crippen LogP contribution in [0, 0.1) is 0 Å². The lowest BCUT2D eigenvalue weighted by molar-refractivity contribution is 0.174. The molecule has 0 unspecified atom stereocenters. The van der Waals surface area contributed by atoms with E-state index in [-0.39, 0.29) is 24.0 Å². The molecule has 0 spiro atoms. The van der Waals surface area contributed by atoms with Crippen LogP contribution in [0.1, 0.15) is 0 Å². The zero-order chi connectivity index (χ0) is 15.3. The molecule has 2 aromatic carbocycles. The zero-order valence-electron chi connectivity index (χ0n) is 11.6. The Balaban J connectivity index is 1.88. The maximum atomic E-state index is 10.2. The molecule has 0 fully saturated rings. The fourth-order valence-electron chi connectivity index (χ4n) is 2.52. The molecule has 1 aromatic heterocycles. The van der Waals surface area contributed by atoms with E-state index in [4.69, 9.17) is 18.6 Å². The Kier molecular flexibility index (Phi) is 2.59. The Labute approximate surface area is 125 Å². The van der Waals surface area contributed by atoms with Crippen molar-refractivity contribution in [1.29, 1.82) is 0 Å². The molecule has 0 bridgehead atoms. The minimum absolute atomic E-state index is 0.00659. The first-order chi connectivity index (χ1) is 10.7. The highest BCUT2D eigenvalue weighted by atomic mass is 16.7. The molecular formula is C16H12O6. The van der Waals surface area contributed by atoms with E-state index in [9.17, 15) is 10.2 Å². The highest BCUT2D eigenvalue weighted by molar-refractivity contribution is 5.87. The molecule has 0 aliphatic carbocycles. The molecule has 2 heterocycles. The first-order valence-corrected chi connectivity index (χ1v) is 6.60. The molecule has 0 radical (unpaired) electrons. The number of hydrogen-bond acceptors (Lipinski definition) is 6. The van der Waals surface area contributed by atoms with Crippen molar-refractivity contribution in [2.75, 3.05) is 13.9 Å². The lowest BCUT2D eigenvalue weighted by Gasteiger charge is -2.08. The van der Waals surface area contributed by atoms with Crippen LogP contribution < -0.4 is 14.2 Å². The van der Waals surface area contributed by atoms with Gasteiger partial charge in [-0.3, -0.25) is 0 Å². The number of phenolic OH excluding ortho intramolecular Hbond substituents is 2. The molecule has 112 valence electrons. The Hall–Kier alpha value is -3.02. The average molecular weight is 300 g/mol. The standard InChI is InChI=1S/C16H12O6/c1-19-16-10(17)3-2-9(15(16)18)12-4-8-5-13-14(21-7-20-13)6-11(8)22-12/h2-6,17-18H,7H2,1H3. The summed E-state index contributed by atoms with van der Waals surface area (Å²) in [5.74, 6) is 1.43. The first-order valence-electron chi connectivity index (χ1n) is 6.60. The Morgan fingerprint density at radius 2 is 1.82 bits per heavy atom. The van der Waals surface area contributed by atoms with Crippen LogP contribution >= 0.6 is 0 Å². The predicted octanol–water partition coefficient (Wildman–Crippen LogP) is 3.25. The van der Waals surface area contributed by atoms with E-state index in [1.54, 1.807) is 18.2 Å².